The molecule has 0 radical (unpaired) electrons. The van der Waals surface area contributed by atoms with Crippen LogP contribution in [0.15, 0.2) is 76.8 Å². The molecule has 3 aromatic rings. The number of carbonyl (C=O) groups excluding carboxylic acids is 1. The van der Waals surface area contributed by atoms with Crippen LogP contribution < -0.4 is 5.32 Å². The molecule has 3 rings (SSSR count). The van der Waals surface area contributed by atoms with Crippen molar-refractivity contribution >= 4 is 33.6 Å². The van der Waals surface area contributed by atoms with Gasteiger partial charge >= 0.3 is 0 Å². The van der Waals surface area contributed by atoms with Crippen molar-refractivity contribution in [1.29, 1.82) is 5.26 Å². The van der Waals surface area contributed by atoms with Crippen LogP contribution in [0.25, 0.3) is 6.08 Å². The van der Waals surface area contributed by atoms with E-state index in [0.29, 0.717) is 23.2 Å². The molecule has 4 nitrogen and oxygen atoms in total. The molecule has 0 spiro atoms. The average molecular weight is 451 g/mol. The number of nitrogens with zero attached hydrogens (tertiary/aromatic N) is 1. The van der Waals surface area contributed by atoms with Crippen molar-refractivity contribution in [1.82, 2.24) is 0 Å². The van der Waals surface area contributed by atoms with Crippen LogP contribution in [-0.4, -0.2) is 11.0 Å². The molecule has 0 atom stereocenters. The normalized spacial score (nSPS) is 11.0. The van der Waals surface area contributed by atoms with E-state index >= 15 is 0 Å². The molecule has 0 unspecified atom stereocenters. The summed E-state index contributed by atoms with van der Waals surface area (Å²) in [5.41, 5.74) is 2.31. The number of phenolic OH excluding ortho intramolecular Hbond substituents is 1. The second-order valence-electron chi connectivity index (χ2n) is 6.28. The van der Waals surface area contributed by atoms with E-state index in [1.54, 1.807) is 24.3 Å². The molecule has 0 saturated carbocycles. The Balaban J connectivity index is 1.91. The third-order valence-electron chi connectivity index (χ3n) is 4.24. The van der Waals surface area contributed by atoms with Crippen LogP contribution in [0.5, 0.6) is 5.75 Å². The maximum Gasteiger partial charge on any atom is 0.266 e. The highest BCUT2D eigenvalue weighted by atomic mass is 79.9. The highest BCUT2D eigenvalue weighted by Crippen LogP contribution is 2.23. The first kappa shape index (κ1) is 20.3. The van der Waals surface area contributed by atoms with E-state index in [9.17, 15) is 19.6 Å². The largest absolute Gasteiger partial charge is 0.508 e. The number of rotatable bonds is 5. The highest BCUT2D eigenvalue weighted by molar-refractivity contribution is 9.10. The number of benzene rings is 3. The quantitative estimate of drug-likeness (QED) is 0.309. The predicted octanol–water partition coefficient (Wildman–Crippen LogP) is 5.43. The van der Waals surface area contributed by atoms with Crippen LogP contribution in [-0.2, 0) is 11.2 Å². The van der Waals surface area contributed by atoms with Crippen molar-refractivity contribution in [2.24, 2.45) is 0 Å². The van der Waals surface area contributed by atoms with Crippen molar-refractivity contribution in [3.63, 3.8) is 0 Å². The van der Waals surface area contributed by atoms with Crippen LogP contribution in [0.2, 0.25) is 0 Å². The van der Waals surface area contributed by atoms with Gasteiger partial charge < -0.3 is 10.4 Å². The monoisotopic (exact) mass is 450 g/mol. The molecule has 0 saturated heterocycles. The molecule has 3 aromatic carbocycles. The molecular weight excluding hydrogens is 435 g/mol. The number of hydrogen-bond acceptors (Lipinski definition) is 3. The summed E-state index contributed by atoms with van der Waals surface area (Å²) in [4.78, 5) is 12.5. The van der Waals surface area contributed by atoms with E-state index < -0.39 is 5.91 Å². The number of halogens is 2. The number of anilines is 1. The average Bonchev–Trinajstić information content (AvgIpc) is 2.71. The van der Waals surface area contributed by atoms with Gasteiger partial charge in [0, 0.05) is 16.6 Å². The zero-order valence-corrected chi connectivity index (χ0v) is 16.8. The molecule has 0 heterocycles. The number of amides is 1. The highest BCUT2D eigenvalue weighted by Gasteiger charge is 2.12. The summed E-state index contributed by atoms with van der Waals surface area (Å²) in [7, 11) is 0. The Morgan fingerprint density at radius 2 is 1.83 bits per heavy atom. The number of hydrogen-bond donors (Lipinski definition) is 2. The first-order valence-electron chi connectivity index (χ1n) is 8.70. The van der Waals surface area contributed by atoms with Crippen LogP contribution in [0.1, 0.15) is 16.7 Å². The predicted molar refractivity (Wildman–Crippen MR) is 114 cm³/mol. The molecule has 6 heteroatoms. The fraction of sp³-hybridized carbons (Fsp3) is 0.0435. The lowest BCUT2D eigenvalue weighted by Gasteiger charge is -2.09. The minimum Gasteiger partial charge on any atom is -0.508 e. The smallest absolute Gasteiger partial charge is 0.266 e. The fourth-order valence-corrected chi connectivity index (χ4v) is 3.13. The molecule has 1 amide bonds. The zero-order valence-electron chi connectivity index (χ0n) is 15.2. The number of phenols is 1. The van der Waals surface area contributed by atoms with Crippen molar-refractivity contribution < 1.29 is 14.3 Å². The fourth-order valence-electron chi connectivity index (χ4n) is 2.76. The lowest BCUT2D eigenvalue weighted by Crippen LogP contribution is -2.13. The van der Waals surface area contributed by atoms with Gasteiger partial charge in [0.2, 0.25) is 0 Å². The van der Waals surface area contributed by atoms with E-state index in [1.807, 2.05) is 18.2 Å². The SMILES string of the molecule is N#C/C(=C\c1cc(Br)ccc1Cc1ccccc1F)C(=O)Nc1ccc(O)cc1. The van der Waals surface area contributed by atoms with Gasteiger partial charge in [-0.25, -0.2) is 4.39 Å². The van der Waals surface area contributed by atoms with Gasteiger partial charge in [-0.15, -0.1) is 0 Å². The molecule has 0 aliphatic heterocycles. The van der Waals surface area contributed by atoms with E-state index in [2.05, 4.69) is 21.2 Å². The summed E-state index contributed by atoms with van der Waals surface area (Å²) in [6.07, 6.45) is 1.81. The standard InChI is InChI=1S/C23H16BrFN2O2/c24-19-6-5-15(11-16-3-1-2-4-22(16)25)17(13-19)12-18(14-26)23(29)27-20-7-9-21(28)10-8-20/h1-10,12-13,28H,11H2,(H,27,29)/b18-12+. The summed E-state index contributed by atoms with van der Waals surface area (Å²) in [6.45, 7) is 0. The summed E-state index contributed by atoms with van der Waals surface area (Å²) in [5.74, 6) is -0.808. The van der Waals surface area contributed by atoms with Gasteiger partial charge in [0.15, 0.2) is 0 Å². The summed E-state index contributed by atoms with van der Waals surface area (Å²) in [5, 5.41) is 21.4. The summed E-state index contributed by atoms with van der Waals surface area (Å²) >= 11 is 3.40. The molecule has 0 aromatic heterocycles. The number of carbonyl (C=O) groups is 1. The number of nitriles is 1. The van der Waals surface area contributed by atoms with Crippen molar-refractivity contribution in [2.75, 3.05) is 5.32 Å². The van der Waals surface area contributed by atoms with Gasteiger partial charge in [-0.05, 0) is 65.2 Å². The lowest BCUT2D eigenvalue weighted by molar-refractivity contribution is -0.112. The Kier molecular flexibility index (Phi) is 6.43. The first-order valence-corrected chi connectivity index (χ1v) is 9.49. The summed E-state index contributed by atoms with van der Waals surface area (Å²) in [6, 6.07) is 19.8. The number of aromatic hydroxyl groups is 1. The Morgan fingerprint density at radius 1 is 1.10 bits per heavy atom. The van der Waals surface area contributed by atoms with Gasteiger partial charge in [0.25, 0.3) is 5.91 Å². The number of nitrogens with one attached hydrogen (secondary N) is 1. The minimum atomic E-state index is -0.574. The Morgan fingerprint density at radius 3 is 2.52 bits per heavy atom. The molecule has 2 N–H and O–H groups in total. The van der Waals surface area contributed by atoms with Gasteiger partial charge in [0.1, 0.15) is 23.2 Å². The minimum absolute atomic E-state index is 0.0750. The van der Waals surface area contributed by atoms with Crippen molar-refractivity contribution in [2.45, 2.75) is 6.42 Å². The topological polar surface area (TPSA) is 73.1 Å². The van der Waals surface area contributed by atoms with E-state index in [4.69, 9.17) is 0 Å². The van der Waals surface area contributed by atoms with Gasteiger partial charge in [-0.3, -0.25) is 4.79 Å². The Labute approximate surface area is 176 Å². The third-order valence-corrected chi connectivity index (χ3v) is 4.73. The third kappa shape index (κ3) is 5.31. The van der Waals surface area contributed by atoms with Crippen LogP contribution in [0.4, 0.5) is 10.1 Å². The zero-order chi connectivity index (χ0) is 20.8. The van der Waals surface area contributed by atoms with Crippen LogP contribution in [0.3, 0.4) is 0 Å². The van der Waals surface area contributed by atoms with Gasteiger partial charge in [-0.2, -0.15) is 5.26 Å². The molecule has 0 bridgehead atoms. The molecule has 29 heavy (non-hydrogen) atoms. The van der Waals surface area contributed by atoms with E-state index in [-0.39, 0.29) is 17.1 Å². The van der Waals surface area contributed by atoms with E-state index in [0.717, 1.165) is 10.0 Å². The van der Waals surface area contributed by atoms with Crippen molar-refractivity contribution in [3.8, 4) is 11.8 Å². The van der Waals surface area contributed by atoms with Crippen LogP contribution in [0, 0.1) is 17.1 Å². The molecule has 0 aliphatic carbocycles. The molecular formula is C23H16BrFN2O2. The molecule has 0 fully saturated rings. The summed E-state index contributed by atoms with van der Waals surface area (Å²) < 4.78 is 14.8. The van der Waals surface area contributed by atoms with Crippen molar-refractivity contribution in [3.05, 3.63) is 99.3 Å². The second kappa shape index (κ2) is 9.18. The molecule has 144 valence electrons. The Bertz CT molecular complexity index is 1120. The molecule has 0 aliphatic rings. The van der Waals surface area contributed by atoms with E-state index in [1.165, 1.54) is 36.4 Å². The maximum atomic E-state index is 14.1. The maximum absolute atomic E-state index is 14.1. The second-order valence-corrected chi connectivity index (χ2v) is 7.20. The lowest BCUT2D eigenvalue weighted by atomic mass is 9.98. The van der Waals surface area contributed by atoms with Gasteiger partial charge in [-0.1, -0.05) is 40.2 Å². The van der Waals surface area contributed by atoms with Gasteiger partial charge in [0.05, 0.1) is 0 Å². The Hall–Kier alpha value is -3.43. The first-order chi connectivity index (χ1) is 14.0. The van der Waals surface area contributed by atoms with Crippen LogP contribution >= 0.6 is 15.9 Å².